The molecule has 0 aliphatic carbocycles. The van der Waals surface area contributed by atoms with Crippen molar-refractivity contribution >= 4 is 23.5 Å². The monoisotopic (exact) mass is 367 g/mol. The minimum atomic E-state index is 0.146. The van der Waals surface area contributed by atoms with Gasteiger partial charge in [-0.2, -0.15) is 0 Å². The van der Waals surface area contributed by atoms with Crippen molar-refractivity contribution in [1.29, 1.82) is 0 Å². The summed E-state index contributed by atoms with van der Waals surface area (Å²) in [4.78, 5) is 1.98. The lowest BCUT2D eigenvalue weighted by atomic mass is 10.0. The van der Waals surface area contributed by atoms with Crippen molar-refractivity contribution in [3.63, 3.8) is 0 Å². The first-order valence-electron chi connectivity index (χ1n) is 8.20. The molecule has 0 saturated carbocycles. The summed E-state index contributed by atoms with van der Waals surface area (Å²) in [5.41, 5.74) is 1.60. The first-order valence-corrected chi connectivity index (χ1v) is 8.61. The van der Waals surface area contributed by atoms with Crippen molar-refractivity contribution in [2.45, 2.75) is 32.7 Å². The van der Waals surface area contributed by atoms with E-state index >= 15 is 0 Å². The van der Waals surface area contributed by atoms with E-state index in [1.165, 1.54) is 6.21 Å². The maximum absolute atomic E-state index is 9.01. The van der Waals surface area contributed by atoms with Gasteiger partial charge in [-0.25, -0.2) is 0 Å². The lowest BCUT2D eigenvalue weighted by Gasteiger charge is -2.24. The number of likely N-dealkylation sites (N-methyl/N-ethyl adjacent to an activating group) is 1. The van der Waals surface area contributed by atoms with Gasteiger partial charge in [-0.1, -0.05) is 12.1 Å². The molecular formula is C17H25N3O4S. The Hall–Kier alpha value is -2.22. The highest BCUT2D eigenvalue weighted by Gasteiger charge is 2.24. The van der Waals surface area contributed by atoms with E-state index in [2.05, 4.69) is 24.3 Å². The van der Waals surface area contributed by atoms with Crippen LogP contribution in [-0.4, -0.2) is 55.0 Å². The van der Waals surface area contributed by atoms with Crippen LogP contribution in [0.25, 0.3) is 0 Å². The summed E-state index contributed by atoms with van der Waals surface area (Å²) < 4.78 is 16.4. The SMILES string of the molecule is CC[C@H](C)NC(=S)N(C)CCc1cc2c(c(OC)c1C=NO)OCO2. The topological polar surface area (TPSA) is 75.6 Å². The van der Waals surface area contributed by atoms with Crippen molar-refractivity contribution in [3.05, 3.63) is 17.2 Å². The molecule has 138 valence electrons. The fraction of sp³-hybridized carbons (Fsp3) is 0.529. The lowest BCUT2D eigenvalue weighted by molar-refractivity contribution is 0.171. The van der Waals surface area contributed by atoms with Crippen LogP contribution in [0.5, 0.6) is 17.2 Å². The van der Waals surface area contributed by atoms with Gasteiger partial charge in [-0.15, -0.1) is 0 Å². The van der Waals surface area contributed by atoms with Crippen LogP contribution < -0.4 is 19.5 Å². The molecule has 25 heavy (non-hydrogen) atoms. The van der Waals surface area contributed by atoms with Crippen LogP contribution in [0.2, 0.25) is 0 Å². The fourth-order valence-corrected chi connectivity index (χ4v) is 2.79. The highest BCUT2D eigenvalue weighted by Crippen LogP contribution is 2.44. The maximum Gasteiger partial charge on any atom is 0.231 e. The van der Waals surface area contributed by atoms with Crippen molar-refractivity contribution in [2.75, 3.05) is 27.5 Å². The lowest BCUT2D eigenvalue weighted by Crippen LogP contribution is -2.42. The highest BCUT2D eigenvalue weighted by molar-refractivity contribution is 7.80. The average molecular weight is 367 g/mol. The van der Waals surface area contributed by atoms with Gasteiger partial charge in [0.2, 0.25) is 12.5 Å². The summed E-state index contributed by atoms with van der Waals surface area (Å²) in [5, 5.41) is 16.2. The largest absolute Gasteiger partial charge is 0.492 e. The third kappa shape index (κ3) is 4.45. The number of oxime groups is 1. The molecule has 1 aromatic rings. The number of hydrogen-bond acceptors (Lipinski definition) is 6. The van der Waals surface area contributed by atoms with Crippen LogP contribution in [-0.2, 0) is 6.42 Å². The zero-order valence-electron chi connectivity index (χ0n) is 15.0. The zero-order chi connectivity index (χ0) is 18.4. The van der Waals surface area contributed by atoms with Crippen LogP contribution in [0.3, 0.4) is 0 Å². The molecule has 1 aliphatic heterocycles. The molecule has 0 unspecified atom stereocenters. The molecule has 8 heteroatoms. The standard InChI is InChI=1S/C17H25N3O4S/c1-5-11(2)19-17(25)20(3)7-6-12-8-14-16(24-10-23-14)15(22-4)13(12)9-18-21/h8-9,11,21H,5-7,10H2,1-4H3,(H,19,25)/t11-/m0/s1. The van der Waals surface area contributed by atoms with Crippen LogP contribution >= 0.6 is 12.2 Å². The van der Waals surface area contributed by atoms with Gasteiger partial charge in [0.1, 0.15) is 0 Å². The summed E-state index contributed by atoms with van der Waals surface area (Å²) in [7, 11) is 3.49. The van der Waals surface area contributed by atoms with Crippen LogP contribution in [0.1, 0.15) is 31.4 Å². The molecule has 0 fully saturated rings. The second-order valence-corrected chi connectivity index (χ2v) is 6.28. The van der Waals surface area contributed by atoms with Gasteiger partial charge >= 0.3 is 0 Å². The molecule has 0 aromatic heterocycles. The Kier molecular flexibility index (Phi) is 6.69. The van der Waals surface area contributed by atoms with E-state index in [4.69, 9.17) is 31.6 Å². The molecule has 1 atom stereocenters. The van der Waals surface area contributed by atoms with Gasteiger partial charge < -0.3 is 29.6 Å². The number of hydrogen-bond donors (Lipinski definition) is 2. The first-order chi connectivity index (χ1) is 12.0. The smallest absolute Gasteiger partial charge is 0.231 e. The van der Waals surface area contributed by atoms with Crippen LogP contribution in [0.4, 0.5) is 0 Å². The molecule has 0 saturated heterocycles. The molecule has 1 heterocycles. The Labute approximate surface area is 153 Å². The van der Waals surface area contributed by atoms with Crippen molar-refractivity contribution < 1.29 is 19.4 Å². The van der Waals surface area contributed by atoms with Crippen molar-refractivity contribution in [2.24, 2.45) is 5.16 Å². The Morgan fingerprint density at radius 2 is 2.32 bits per heavy atom. The second kappa shape index (κ2) is 8.75. The molecule has 2 rings (SSSR count). The zero-order valence-corrected chi connectivity index (χ0v) is 15.9. The number of benzene rings is 1. The Morgan fingerprint density at radius 1 is 1.56 bits per heavy atom. The van der Waals surface area contributed by atoms with E-state index in [9.17, 15) is 0 Å². The molecule has 2 N–H and O–H groups in total. The predicted octanol–water partition coefficient (Wildman–Crippen LogP) is 2.38. The van der Waals surface area contributed by atoms with E-state index in [-0.39, 0.29) is 6.79 Å². The minimum absolute atomic E-state index is 0.146. The minimum Gasteiger partial charge on any atom is -0.492 e. The van der Waals surface area contributed by atoms with Gasteiger partial charge in [-0.3, -0.25) is 0 Å². The van der Waals surface area contributed by atoms with E-state index in [0.29, 0.717) is 46.9 Å². The van der Waals surface area contributed by atoms with Crippen LogP contribution in [0, 0.1) is 0 Å². The number of nitrogens with one attached hydrogen (secondary N) is 1. The molecule has 0 amide bonds. The van der Waals surface area contributed by atoms with E-state index < -0.39 is 0 Å². The highest BCUT2D eigenvalue weighted by atomic mass is 32.1. The third-order valence-corrected chi connectivity index (χ3v) is 4.61. The van der Waals surface area contributed by atoms with E-state index in [1.807, 2.05) is 18.0 Å². The number of methoxy groups -OCH3 is 1. The maximum atomic E-state index is 9.01. The van der Waals surface area contributed by atoms with Gasteiger partial charge in [0.05, 0.1) is 13.3 Å². The van der Waals surface area contributed by atoms with Gasteiger partial charge in [0.25, 0.3) is 0 Å². The Morgan fingerprint density at radius 3 is 2.96 bits per heavy atom. The Bertz CT molecular complexity index is 651. The summed E-state index contributed by atoms with van der Waals surface area (Å²) >= 11 is 5.43. The molecule has 7 nitrogen and oxygen atoms in total. The first kappa shape index (κ1) is 19.1. The summed E-state index contributed by atoms with van der Waals surface area (Å²) in [6, 6.07) is 2.22. The predicted molar refractivity (Wildman–Crippen MR) is 100 cm³/mol. The third-order valence-electron chi connectivity index (χ3n) is 4.18. The Balaban J connectivity index is 2.17. The molecule has 0 radical (unpaired) electrons. The summed E-state index contributed by atoms with van der Waals surface area (Å²) in [6.45, 7) is 5.04. The van der Waals surface area contributed by atoms with Gasteiger partial charge in [-0.05, 0) is 43.6 Å². The molecule has 0 spiro atoms. The quantitative estimate of drug-likeness (QED) is 0.332. The number of fused-ring (bicyclic) bond motifs is 1. The van der Waals surface area contributed by atoms with Gasteiger partial charge in [0.15, 0.2) is 16.6 Å². The number of rotatable bonds is 7. The van der Waals surface area contributed by atoms with Crippen molar-refractivity contribution in [3.8, 4) is 17.2 Å². The number of nitrogens with zero attached hydrogens (tertiary/aromatic N) is 2. The molecule has 0 bridgehead atoms. The van der Waals surface area contributed by atoms with Crippen molar-refractivity contribution in [1.82, 2.24) is 10.2 Å². The number of ether oxygens (including phenoxy) is 3. The average Bonchev–Trinajstić information content (AvgIpc) is 3.07. The molecular weight excluding hydrogens is 342 g/mol. The second-order valence-electron chi connectivity index (χ2n) is 5.89. The normalized spacial score (nSPS) is 13.8. The summed E-state index contributed by atoms with van der Waals surface area (Å²) in [5.74, 6) is 1.67. The van der Waals surface area contributed by atoms with E-state index in [1.54, 1.807) is 7.11 Å². The summed E-state index contributed by atoms with van der Waals surface area (Å²) in [6.07, 6.45) is 3.03. The fourth-order valence-electron chi connectivity index (χ4n) is 2.50. The van der Waals surface area contributed by atoms with Crippen LogP contribution in [0.15, 0.2) is 11.2 Å². The molecule has 1 aliphatic rings. The molecule has 1 aromatic carbocycles. The number of thiocarbonyl (C=S) groups is 1. The van der Waals surface area contributed by atoms with Gasteiger partial charge in [0, 0.05) is 25.2 Å². The van der Waals surface area contributed by atoms with E-state index in [0.717, 1.165) is 12.0 Å².